The molecule has 3 heterocycles. The molecule has 3 aromatic heterocycles. The lowest BCUT2D eigenvalue weighted by Gasteiger charge is -2.30. The number of nitrogens with two attached hydrogens (primary N) is 1. The Balaban J connectivity index is 1.43. The Labute approximate surface area is 203 Å². The number of nitrogen functional groups attached to an aromatic ring is 1. The maximum Gasteiger partial charge on any atom is 0.433 e. The van der Waals surface area contributed by atoms with Crippen molar-refractivity contribution < 1.29 is 22.4 Å². The SMILES string of the molecule is Nc1nc2cc(F)c(C(=O)N(CC3CC3)[C@@H]3CCc4nc(C(F)(F)F)ccc43)cc2c2cnccc12. The number of carbonyl (C=O) groups is 1. The zero-order chi connectivity index (χ0) is 25.2. The second kappa shape index (κ2) is 8.11. The highest BCUT2D eigenvalue weighted by Crippen LogP contribution is 2.41. The fourth-order valence-corrected chi connectivity index (χ4v) is 5.07. The van der Waals surface area contributed by atoms with Gasteiger partial charge in [0.15, 0.2) is 0 Å². The van der Waals surface area contributed by atoms with E-state index in [0.29, 0.717) is 52.3 Å². The third-order valence-electron chi connectivity index (χ3n) is 7.05. The largest absolute Gasteiger partial charge is 0.433 e. The Hall–Kier alpha value is -3.82. The van der Waals surface area contributed by atoms with E-state index >= 15 is 4.39 Å². The molecule has 4 aromatic rings. The standard InChI is InChI=1S/C26H21F4N5O/c27-19-10-21-16(18-11-32-8-7-14(18)24(31)34-21)9-17(19)25(36)35(12-13-1-2-13)22-5-4-20-15(22)3-6-23(33-20)26(28,29)30/h3,6-11,13,22H,1-2,4-5,12H2,(H2,31,34)/t22-/m1/s1. The number of anilines is 1. The van der Waals surface area contributed by atoms with E-state index in [1.54, 1.807) is 23.4 Å². The highest BCUT2D eigenvalue weighted by atomic mass is 19.4. The van der Waals surface area contributed by atoms with Crippen molar-refractivity contribution in [2.45, 2.75) is 37.9 Å². The van der Waals surface area contributed by atoms with Gasteiger partial charge < -0.3 is 10.6 Å². The topological polar surface area (TPSA) is 85.0 Å². The molecule has 0 spiro atoms. The predicted octanol–water partition coefficient (Wildman–Crippen LogP) is 5.46. The molecule has 1 fully saturated rings. The third-order valence-corrected chi connectivity index (χ3v) is 7.05. The third kappa shape index (κ3) is 3.81. The van der Waals surface area contributed by atoms with Gasteiger partial charge in [-0.3, -0.25) is 9.78 Å². The van der Waals surface area contributed by atoms with Gasteiger partial charge in [0, 0.05) is 46.9 Å². The normalized spacial score (nSPS) is 17.5. The molecule has 10 heteroatoms. The van der Waals surface area contributed by atoms with Crippen molar-refractivity contribution in [1.29, 1.82) is 0 Å². The minimum Gasteiger partial charge on any atom is -0.383 e. The van der Waals surface area contributed by atoms with E-state index in [9.17, 15) is 18.0 Å². The number of hydrogen-bond acceptors (Lipinski definition) is 5. The average molecular weight is 495 g/mol. The van der Waals surface area contributed by atoms with Gasteiger partial charge in [-0.05, 0) is 55.4 Å². The Morgan fingerprint density at radius 2 is 1.86 bits per heavy atom. The van der Waals surface area contributed by atoms with Crippen LogP contribution in [0.15, 0.2) is 42.7 Å². The van der Waals surface area contributed by atoms with E-state index in [-0.39, 0.29) is 17.3 Å². The summed E-state index contributed by atoms with van der Waals surface area (Å²) in [6.45, 7) is 0.406. The van der Waals surface area contributed by atoms with Gasteiger partial charge in [-0.2, -0.15) is 13.2 Å². The van der Waals surface area contributed by atoms with E-state index in [0.717, 1.165) is 18.9 Å². The van der Waals surface area contributed by atoms with Crippen LogP contribution in [-0.2, 0) is 12.6 Å². The molecular weight excluding hydrogens is 474 g/mol. The molecule has 0 aliphatic heterocycles. The summed E-state index contributed by atoms with van der Waals surface area (Å²) in [4.78, 5) is 27.7. The number of fused-ring (bicyclic) bond motifs is 4. The Bertz CT molecular complexity index is 1530. The number of alkyl halides is 3. The van der Waals surface area contributed by atoms with Crippen molar-refractivity contribution >= 4 is 33.4 Å². The summed E-state index contributed by atoms with van der Waals surface area (Å²) < 4.78 is 54.8. The number of hydrogen-bond donors (Lipinski definition) is 1. The smallest absolute Gasteiger partial charge is 0.383 e. The van der Waals surface area contributed by atoms with Gasteiger partial charge in [-0.1, -0.05) is 6.07 Å². The Kier molecular flexibility index (Phi) is 5.10. The lowest BCUT2D eigenvalue weighted by atomic mass is 10.0. The zero-order valence-electron chi connectivity index (χ0n) is 19.0. The van der Waals surface area contributed by atoms with E-state index in [4.69, 9.17) is 5.73 Å². The first-order valence-electron chi connectivity index (χ1n) is 11.7. The molecule has 6 rings (SSSR count). The predicted molar refractivity (Wildman–Crippen MR) is 125 cm³/mol. The summed E-state index contributed by atoms with van der Waals surface area (Å²) in [6, 6.07) is 6.26. The lowest BCUT2D eigenvalue weighted by Crippen LogP contribution is -2.36. The van der Waals surface area contributed by atoms with Gasteiger partial charge >= 0.3 is 6.18 Å². The van der Waals surface area contributed by atoms with Crippen LogP contribution in [-0.4, -0.2) is 32.3 Å². The van der Waals surface area contributed by atoms with Gasteiger partial charge in [0.2, 0.25) is 0 Å². The van der Waals surface area contributed by atoms with Crippen LogP contribution in [0.2, 0.25) is 0 Å². The van der Waals surface area contributed by atoms with Crippen LogP contribution in [0.3, 0.4) is 0 Å². The maximum atomic E-state index is 15.3. The van der Waals surface area contributed by atoms with Crippen molar-refractivity contribution in [3.63, 3.8) is 0 Å². The average Bonchev–Trinajstić information content (AvgIpc) is 3.58. The zero-order valence-corrected chi connectivity index (χ0v) is 19.0. The molecule has 2 aliphatic carbocycles. The van der Waals surface area contributed by atoms with Crippen molar-refractivity contribution in [3.8, 4) is 0 Å². The molecule has 0 bridgehead atoms. The Morgan fingerprint density at radius 1 is 1.06 bits per heavy atom. The number of carbonyl (C=O) groups excluding carboxylic acids is 1. The Morgan fingerprint density at radius 3 is 2.61 bits per heavy atom. The number of rotatable bonds is 4. The van der Waals surface area contributed by atoms with Crippen LogP contribution < -0.4 is 5.73 Å². The van der Waals surface area contributed by atoms with E-state index < -0.39 is 29.6 Å². The number of nitrogens with zero attached hydrogens (tertiary/aromatic N) is 4. The molecule has 1 aromatic carbocycles. The van der Waals surface area contributed by atoms with Crippen LogP contribution in [0.25, 0.3) is 21.7 Å². The molecule has 184 valence electrons. The van der Waals surface area contributed by atoms with Crippen LogP contribution >= 0.6 is 0 Å². The van der Waals surface area contributed by atoms with Crippen LogP contribution in [0.4, 0.5) is 23.4 Å². The lowest BCUT2D eigenvalue weighted by molar-refractivity contribution is -0.141. The second-order valence-corrected chi connectivity index (χ2v) is 9.45. The number of benzene rings is 1. The van der Waals surface area contributed by atoms with E-state index in [1.165, 1.54) is 18.2 Å². The number of amides is 1. The number of aryl methyl sites for hydroxylation is 1. The monoisotopic (exact) mass is 495 g/mol. The van der Waals surface area contributed by atoms with E-state index in [1.807, 2.05) is 0 Å². The van der Waals surface area contributed by atoms with Gasteiger partial charge in [0.1, 0.15) is 17.3 Å². The minimum atomic E-state index is -4.54. The molecule has 0 unspecified atom stereocenters. The van der Waals surface area contributed by atoms with Crippen LogP contribution in [0.5, 0.6) is 0 Å². The molecule has 1 atom stereocenters. The van der Waals surface area contributed by atoms with Gasteiger partial charge in [-0.25, -0.2) is 14.4 Å². The first-order chi connectivity index (χ1) is 17.2. The quantitative estimate of drug-likeness (QED) is 0.300. The summed E-state index contributed by atoms with van der Waals surface area (Å²) >= 11 is 0. The number of halogens is 4. The fourth-order valence-electron chi connectivity index (χ4n) is 5.07. The van der Waals surface area contributed by atoms with Crippen molar-refractivity contribution in [2.75, 3.05) is 12.3 Å². The fraction of sp³-hybridized carbons (Fsp3) is 0.308. The summed E-state index contributed by atoms with van der Waals surface area (Å²) in [5.74, 6) is -0.711. The first-order valence-corrected chi connectivity index (χ1v) is 11.7. The minimum absolute atomic E-state index is 0.117. The number of pyridine rings is 3. The van der Waals surface area contributed by atoms with E-state index in [2.05, 4.69) is 15.0 Å². The molecule has 6 nitrogen and oxygen atoms in total. The molecule has 2 N–H and O–H groups in total. The maximum absolute atomic E-state index is 15.3. The molecule has 0 saturated heterocycles. The van der Waals surface area contributed by atoms with Gasteiger partial charge in [0.05, 0.1) is 17.1 Å². The highest BCUT2D eigenvalue weighted by molar-refractivity contribution is 6.11. The van der Waals surface area contributed by atoms with Crippen molar-refractivity contribution in [3.05, 3.63) is 71.1 Å². The summed E-state index contributed by atoms with van der Waals surface area (Å²) in [7, 11) is 0. The summed E-state index contributed by atoms with van der Waals surface area (Å²) in [5, 5.41) is 1.85. The number of aromatic nitrogens is 3. The molecule has 1 saturated carbocycles. The molecular formula is C26H21F4N5O. The van der Waals surface area contributed by atoms with Crippen LogP contribution in [0, 0.1) is 11.7 Å². The molecule has 1 amide bonds. The van der Waals surface area contributed by atoms with Gasteiger partial charge in [-0.15, -0.1) is 0 Å². The summed E-state index contributed by atoms with van der Waals surface area (Å²) in [5.41, 5.74) is 6.20. The van der Waals surface area contributed by atoms with Crippen molar-refractivity contribution in [1.82, 2.24) is 19.9 Å². The second-order valence-electron chi connectivity index (χ2n) is 9.45. The molecule has 2 aliphatic rings. The summed E-state index contributed by atoms with van der Waals surface area (Å²) in [6.07, 6.45) is 1.29. The van der Waals surface area contributed by atoms with Crippen molar-refractivity contribution in [2.24, 2.45) is 5.92 Å². The van der Waals surface area contributed by atoms with Crippen LogP contribution in [0.1, 0.15) is 52.6 Å². The highest BCUT2D eigenvalue weighted by Gasteiger charge is 2.39. The first kappa shape index (κ1) is 22.6. The van der Waals surface area contributed by atoms with Gasteiger partial charge in [0.25, 0.3) is 5.91 Å². The molecule has 36 heavy (non-hydrogen) atoms. The molecule has 0 radical (unpaired) electrons.